The summed E-state index contributed by atoms with van der Waals surface area (Å²) in [4.78, 5) is 10.4. The van der Waals surface area contributed by atoms with E-state index in [1.54, 1.807) is 36.4 Å². The van der Waals surface area contributed by atoms with Gasteiger partial charge in [0.25, 0.3) is 5.69 Å². The molecule has 0 aromatic heterocycles. The van der Waals surface area contributed by atoms with E-state index < -0.39 is 18.3 Å². The Balaban J connectivity index is 1.89. The molecule has 27 heavy (non-hydrogen) atoms. The number of nitro benzene ring substituents is 1. The fourth-order valence-corrected chi connectivity index (χ4v) is 4.71. The van der Waals surface area contributed by atoms with E-state index in [0.29, 0.717) is 43.2 Å². The average Bonchev–Trinajstić information content (AvgIpc) is 2.68. The Morgan fingerprint density at radius 1 is 1.15 bits per heavy atom. The SMILES string of the molecule is CCOc1ccc(C(Nc2ccc([N+](=O)[O-])cc2)P2(=O)OCCCO2)cc1. The molecule has 2 aromatic carbocycles. The molecule has 1 atom stereocenters. The average molecular weight is 392 g/mol. The molecule has 1 aliphatic rings. The topological polar surface area (TPSA) is 99.9 Å². The number of anilines is 1. The van der Waals surface area contributed by atoms with Crippen molar-refractivity contribution in [1.29, 1.82) is 0 Å². The largest absolute Gasteiger partial charge is 0.494 e. The van der Waals surface area contributed by atoms with Gasteiger partial charge < -0.3 is 19.1 Å². The van der Waals surface area contributed by atoms with E-state index >= 15 is 0 Å². The van der Waals surface area contributed by atoms with Gasteiger partial charge in [0.15, 0.2) is 5.78 Å². The van der Waals surface area contributed by atoms with E-state index in [2.05, 4.69) is 5.32 Å². The molecule has 8 nitrogen and oxygen atoms in total. The fourth-order valence-electron chi connectivity index (χ4n) is 2.72. The molecule has 0 aliphatic carbocycles. The van der Waals surface area contributed by atoms with Crippen LogP contribution in [-0.4, -0.2) is 24.7 Å². The van der Waals surface area contributed by atoms with Crippen molar-refractivity contribution in [2.75, 3.05) is 25.1 Å². The normalized spacial score (nSPS) is 17.1. The zero-order valence-corrected chi connectivity index (χ0v) is 15.8. The summed E-state index contributed by atoms with van der Waals surface area (Å²) in [5, 5.41) is 14.0. The number of nitrogens with one attached hydrogen (secondary N) is 1. The molecule has 0 radical (unpaired) electrons. The molecule has 1 saturated heterocycles. The lowest BCUT2D eigenvalue weighted by atomic mass is 10.2. The summed E-state index contributed by atoms with van der Waals surface area (Å²) in [7, 11) is -3.46. The van der Waals surface area contributed by atoms with Gasteiger partial charge in [-0.25, -0.2) is 0 Å². The molecule has 1 aliphatic heterocycles. The highest BCUT2D eigenvalue weighted by Crippen LogP contribution is 2.62. The maximum absolute atomic E-state index is 13.3. The van der Waals surface area contributed by atoms with Crippen LogP contribution in [0.2, 0.25) is 0 Å². The molecule has 9 heteroatoms. The number of ether oxygens (including phenoxy) is 1. The Kier molecular flexibility index (Phi) is 6.11. The van der Waals surface area contributed by atoms with E-state index in [1.165, 1.54) is 12.1 Å². The number of nitro groups is 1. The molecule has 0 amide bonds. The van der Waals surface area contributed by atoms with Crippen LogP contribution in [0, 0.1) is 10.1 Å². The second kappa shape index (κ2) is 8.52. The predicted molar refractivity (Wildman–Crippen MR) is 101 cm³/mol. The van der Waals surface area contributed by atoms with Gasteiger partial charge in [-0.15, -0.1) is 0 Å². The Morgan fingerprint density at radius 3 is 2.33 bits per heavy atom. The number of benzene rings is 2. The van der Waals surface area contributed by atoms with Crippen molar-refractivity contribution in [2.45, 2.75) is 19.1 Å². The quantitative estimate of drug-likeness (QED) is 0.413. The second-order valence-electron chi connectivity index (χ2n) is 5.91. The van der Waals surface area contributed by atoms with Gasteiger partial charge in [-0.05, 0) is 43.2 Å². The van der Waals surface area contributed by atoms with Crippen LogP contribution in [0.3, 0.4) is 0 Å². The van der Waals surface area contributed by atoms with E-state index in [9.17, 15) is 14.7 Å². The van der Waals surface area contributed by atoms with Crippen molar-refractivity contribution in [1.82, 2.24) is 0 Å². The van der Waals surface area contributed by atoms with Gasteiger partial charge in [-0.2, -0.15) is 0 Å². The molecule has 3 rings (SSSR count). The number of nitrogens with zero attached hydrogens (tertiary/aromatic N) is 1. The number of hydrogen-bond acceptors (Lipinski definition) is 7. The van der Waals surface area contributed by atoms with Crippen molar-refractivity contribution in [2.24, 2.45) is 0 Å². The van der Waals surface area contributed by atoms with E-state index in [4.69, 9.17) is 13.8 Å². The van der Waals surface area contributed by atoms with Crippen molar-refractivity contribution in [3.05, 3.63) is 64.2 Å². The van der Waals surface area contributed by atoms with Gasteiger partial charge >= 0.3 is 7.60 Å². The van der Waals surface area contributed by atoms with Crippen LogP contribution >= 0.6 is 7.60 Å². The molecule has 1 N–H and O–H groups in total. The number of hydrogen-bond donors (Lipinski definition) is 1. The summed E-state index contributed by atoms with van der Waals surface area (Å²) in [5.74, 6) is -0.0333. The molecule has 1 unspecified atom stereocenters. The molecular weight excluding hydrogens is 371 g/mol. The van der Waals surface area contributed by atoms with Crippen molar-refractivity contribution in [3.63, 3.8) is 0 Å². The Bertz CT molecular complexity index is 815. The van der Waals surface area contributed by atoms with Crippen LogP contribution in [-0.2, 0) is 13.6 Å². The van der Waals surface area contributed by atoms with E-state index in [1.807, 2.05) is 6.92 Å². The molecule has 1 fully saturated rings. The zero-order valence-electron chi connectivity index (χ0n) is 14.9. The molecular formula is C18H21N2O6P. The highest BCUT2D eigenvalue weighted by Gasteiger charge is 2.39. The van der Waals surface area contributed by atoms with Gasteiger partial charge in [-0.3, -0.25) is 14.7 Å². The first kappa shape index (κ1) is 19.4. The molecule has 0 bridgehead atoms. The second-order valence-corrected chi connectivity index (χ2v) is 8.03. The minimum Gasteiger partial charge on any atom is -0.494 e. The van der Waals surface area contributed by atoms with Crippen LogP contribution in [0.1, 0.15) is 24.7 Å². The smallest absolute Gasteiger partial charge is 0.357 e. The minimum atomic E-state index is -3.46. The number of non-ortho nitro benzene ring substituents is 1. The van der Waals surface area contributed by atoms with E-state index in [0.717, 1.165) is 0 Å². The maximum atomic E-state index is 13.3. The molecule has 0 spiro atoms. The van der Waals surface area contributed by atoms with E-state index in [-0.39, 0.29) is 5.69 Å². The highest BCUT2D eigenvalue weighted by atomic mass is 31.2. The van der Waals surface area contributed by atoms with Gasteiger partial charge in [0.05, 0.1) is 24.7 Å². The number of rotatable bonds is 7. The van der Waals surface area contributed by atoms with Gasteiger partial charge in [0.2, 0.25) is 0 Å². The summed E-state index contributed by atoms with van der Waals surface area (Å²) in [6.07, 6.45) is 0.678. The van der Waals surface area contributed by atoms with Gasteiger partial charge in [0, 0.05) is 17.8 Å². The summed E-state index contributed by atoms with van der Waals surface area (Å²) < 4.78 is 29.8. The summed E-state index contributed by atoms with van der Waals surface area (Å²) in [6.45, 7) is 3.16. The lowest BCUT2D eigenvalue weighted by Crippen LogP contribution is -2.19. The summed E-state index contributed by atoms with van der Waals surface area (Å²) in [6, 6.07) is 13.1. The Hall–Kier alpha value is -2.41. The predicted octanol–water partition coefficient (Wildman–Crippen LogP) is 4.73. The fraction of sp³-hybridized carbons (Fsp3) is 0.333. The standard InChI is InChI=1S/C18H21N2O6P/c1-2-24-17-10-4-14(5-11-17)18(27(23)25-12-3-13-26-27)19-15-6-8-16(9-7-15)20(21)22/h4-11,18-19H,2-3,12-13H2,1H3. The van der Waals surface area contributed by atoms with Crippen LogP contribution in [0.4, 0.5) is 11.4 Å². The lowest BCUT2D eigenvalue weighted by Gasteiger charge is -2.31. The van der Waals surface area contributed by atoms with Crippen molar-refractivity contribution in [3.8, 4) is 5.75 Å². The third kappa shape index (κ3) is 4.66. The Labute approximate surface area is 157 Å². The first-order chi connectivity index (χ1) is 13.0. The maximum Gasteiger partial charge on any atom is 0.357 e. The van der Waals surface area contributed by atoms with Gasteiger partial charge in [-0.1, -0.05) is 12.1 Å². The molecule has 144 valence electrons. The summed E-state index contributed by atoms with van der Waals surface area (Å²) >= 11 is 0. The highest BCUT2D eigenvalue weighted by molar-refractivity contribution is 7.54. The van der Waals surface area contributed by atoms with Crippen LogP contribution in [0.5, 0.6) is 5.75 Å². The van der Waals surface area contributed by atoms with Crippen molar-refractivity contribution >= 4 is 19.0 Å². The summed E-state index contributed by atoms with van der Waals surface area (Å²) in [5.41, 5.74) is 1.27. The minimum absolute atomic E-state index is 0.0185. The third-order valence-corrected chi connectivity index (χ3v) is 6.18. The monoisotopic (exact) mass is 392 g/mol. The first-order valence-electron chi connectivity index (χ1n) is 8.64. The molecule has 0 saturated carbocycles. The van der Waals surface area contributed by atoms with Crippen LogP contribution in [0.15, 0.2) is 48.5 Å². The molecule has 2 aromatic rings. The van der Waals surface area contributed by atoms with Gasteiger partial charge in [0.1, 0.15) is 5.75 Å². The zero-order chi connectivity index (χ0) is 19.3. The third-order valence-electron chi connectivity index (χ3n) is 4.04. The lowest BCUT2D eigenvalue weighted by molar-refractivity contribution is -0.384. The Morgan fingerprint density at radius 2 is 1.78 bits per heavy atom. The van der Waals surface area contributed by atoms with Crippen LogP contribution < -0.4 is 10.1 Å². The first-order valence-corrected chi connectivity index (χ1v) is 10.3. The van der Waals surface area contributed by atoms with Crippen LogP contribution in [0.25, 0.3) is 0 Å². The van der Waals surface area contributed by atoms with Crippen molar-refractivity contribution < 1.29 is 23.3 Å². The molecule has 1 heterocycles.